The minimum absolute atomic E-state index is 0.162. The maximum atomic E-state index is 12.3. The van der Waals surface area contributed by atoms with E-state index in [-0.39, 0.29) is 12.0 Å². The summed E-state index contributed by atoms with van der Waals surface area (Å²) in [6.07, 6.45) is 1.97. The fraction of sp³-hybridized carbons (Fsp3) is 0.579. The van der Waals surface area contributed by atoms with E-state index >= 15 is 0 Å². The van der Waals surface area contributed by atoms with Gasteiger partial charge in [0.2, 0.25) is 0 Å². The van der Waals surface area contributed by atoms with E-state index in [0.717, 1.165) is 24.8 Å². The first-order valence-corrected chi connectivity index (χ1v) is 8.99. The number of carbonyl (C=O) groups excluding carboxylic acids is 2. The van der Waals surface area contributed by atoms with E-state index < -0.39 is 23.7 Å². The van der Waals surface area contributed by atoms with E-state index in [1.165, 1.54) is 0 Å². The van der Waals surface area contributed by atoms with Gasteiger partial charge in [0, 0.05) is 10.9 Å². The molecule has 5 nitrogen and oxygen atoms in total. The lowest BCUT2D eigenvalue weighted by molar-refractivity contribution is -0.151. The van der Waals surface area contributed by atoms with Crippen molar-refractivity contribution in [2.75, 3.05) is 0 Å². The van der Waals surface area contributed by atoms with Gasteiger partial charge in [0.15, 0.2) is 0 Å². The summed E-state index contributed by atoms with van der Waals surface area (Å²) in [7, 11) is 0. The molecule has 1 saturated carbocycles. The van der Waals surface area contributed by atoms with Crippen LogP contribution in [0.15, 0.2) is 24.3 Å². The van der Waals surface area contributed by atoms with Crippen LogP contribution < -0.4 is 5.32 Å². The monoisotopic (exact) mass is 367 g/mol. The zero-order valence-electron chi connectivity index (χ0n) is 15.2. The second-order valence-electron chi connectivity index (χ2n) is 7.43. The molecule has 0 heterocycles. The van der Waals surface area contributed by atoms with Crippen molar-refractivity contribution in [1.29, 1.82) is 0 Å². The second kappa shape index (κ2) is 8.09. The highest BCUT2D eigenvalue weighted by Crippen LogP contribution is 2.37. The van der Waals surface area contributed by atoms with E-state index in [1.54, 1.807) is 27.7 Å². The molecule has 0 radical (unpaired) electrons. The number of amides is 1. The average molecular weight is 368 g/mol. The second-order valence-corrected chi connectivity index (χ2v) is 7.87. The zero-order valence-corrected chi connectivity index (χ0v) is 15.9. The number of hydrogen-bond acceptors (Lipinski definition) is 4. The number of halogens is 1. The van der Waals surface area contributed by atoms with E-state index in [1.807, 2.05) is 24.3 Å². The number of nitrogens with one attached hydrogen (secondary N) is 1. The number of hydrogen-bond donors (Lipinski definition) is 1. The van der Waals surface area contributed by atoms with E-state index in [2.05, 4.69) is 5.32 Å². The van der Waals surface area contributed by atoms with Crippen molar-refractivity contribution in [3.05, 3.63) is 34.9 Å². The fourth-order valence-electron chi connectivity index (χ4n) is 2.95. The molecule has 1 aromatic rings. The minimum atomic E-state index is -0.763. The fourth-order valence-corrected chi connectivity index (χ4v) is 3.08. The molecule has 1 fully saturated rings. The van der Waals surface area contributed by atoms with Crippen LogP contribution in [0.25, 0.3) is 0 Å². The Bertz CT molecular complexity index is 609. The highest BCUT2D eigenvalue weighted by Gasteiger charge is 2.33. The molecule has 0 aliphatic heterocycles. The zero-order chi connectivity index (χ0) is 18.6. The number of benzene rings is 1. The van der Waals surface area contributed by atoms with Gasteiger partial charge < -0.3 is 14.8 Å². The lowest BCUT2D eigenvalue weighted by atomic mass is 9.96. The summed E-state index contributed by atoms with van der Waals surface area (Å²) in [6, 6.07) is 6.88. The van der Waals surface area contributed by atoms with Crippen LogP contribution >= 0.6 is 11.6 Å². The SMILES string of the molecule is C[C@H](NC(=O)OC(C)(C)C)C(=O)O[C@H]1CCC[C@H]1c1ccc(Cl)cc1. The van der Waals surface area contributed by atoms with Crippen LogP contribution in [0.3, 0.4) is 0 Å². The third-order valence-corrected chi connectivity index (χ3v) is 4.36. The summed E-state index contributed by atoms with van der Waals surface area (Å²) in [4.78, 5) is 24.1. The highest BCUT2D eigenvalue weighted by atomic mass is 35.5. The number of rotatable bonds is 4. The molecular formula is C19H26ClNO4. The maximum absolute atomic E-state index is 12.3. The Morgan fingerprint density at radius 3 is 2.44 bits per heavy atom. The third kappa shape index (κ3) is 5.92. The summed E-state index contributed by atoms with van der Waals surface area (Å²) in [5.74, 6) is -0.285. The van der Waals surface area contributed by atoms with Crippen LogP contribution in [0.2, 0.25) is 5.02 Å². The van der Waals surface area contributed by atoms with Gasteiger partial charge in [-0.1, -0.05) is 23.7 Å². The van der Waals surface area contributed by atoms with Crippen molar-refractivity contribution in [3.8, 4) is 0 Å². The molecule has 2 rings (SSSR count). The highest BCUT2D eigenvalue weighted by molar-refractivity contribution is 6.30. The van der Waals surface area contributed by atoms with Gasteiger partial charge in [-0.2, -0.15) is 0 Å². The maximum Gasteiger partial charge on any atom is 0.408 e. The lowest BCUT2D eigenvalue weighted by Gasteiger charge is -2.24. The predicted octanol–water partition coefficient (Wildman–Crippen LogP) is 4.43. The van der Waals surface area contributed by atoms with E-state index in [0.29, 0.717) is 5.02 Å². The number of esters is 1. The molecule has 0 aromatic heterocycles. The van der Waals surface area contributed by atoms with Crippen LogP contribution in [0.5, 0.6) is 0 Å². The first-order chi connectivity index (χ1) is 11.7. The van der Waals surface area contributed by atoms with Gasteiger partial charge in [0.05, 0.1) is 0 Å². The standard InChI is InChI=1S/C19H26ClNO4/c1-12(21-18(23)25-19(2,3)4)17(22)24-16-7-5-6-15(16)13-8-10-14(20)11-9-13/h8-12,15-16H,5-7H2,1-4H3,(H,21,23)/t12-,15-,16-/m0/s1. The van der Waals surface area contributed by atoms with Gasteiger partial charge in [-0.25, -0.2) is 9.59 Å². The van der Waals surface area contributed by atoms with Crippen LogP contribution in [-0.4, -0.2) is 29.8 Å². The molecular weight excluding hydrogens is 342 g/mol. The van der Waals surface area contributed by atoms with Crippen molar-refractivity contribution in [2.24, 2.45) is 0 Å². The Morgan fingerprint density at radius 2 is 1.84 bits per heavy atom. The summed E-state index contributed by atoms with van der Waals surface area (Å²) < 4.78 is 10.8. The third-order valence-electron chi connectivity index (χ3n) is 4.11. The van der Waals surface area contributed by atoms with Crippen LogP contribution in [-0.2, 0) is 14.3 Å². The largest absolute Gasteiger partial charge is 0.460 e. The molecule has 1 aromatic carbocycles. The predicted molar refractivity (Wildman–Crippen MR) is 96.8 cm³/mol. The van der Waals surface area contributed by atoms with Gasteiger partial charge >= 0.3 is 12.1 Å². The molecule has 0 unspecified atom stereocenters. The Hall–Kier alpha value is -1.75. The summed E-state index contributed by atoms with van der Waals surface area (Å²) >= 11 is 5.94. The van der Waals surface area contributed by atoms with Crippen molar-refractivity contribution in [1.82, 2.24) is 5.32 Å². The Kier molecular flexibility index (Phi) is 6.33. The average Bonchev–Trinajstić information content (AvgIpc) is 2.94. The first-order valence-electron chi connectivity index (χ1n) is 8.61. The smallest absolute Gasteiger partial charge is 0.408 e. The molecule has 1 amide bonds. The molecule has 1 N–H and O–H groups in total. The first kappa shape index (κ1) is 19.6. The molecule has 3 atom stereocenters. The molecule has 0 bridgehead atoms. The van der Waals surface area contributed by atoms with Crippen LogP contribution in [0.1, 0.15) is 58.4 Å². The van der Waals surface area contributed by atoms with Gasteiger partial charge in [-0.15, -0.1) is 0 Å². The summed E-state index contributed by atoms with van der Waals surface area (Å²) in [6.45, 7) is 6.90. The van der Waals surface area contributed by atoms with E-state index in [4.69, 9.17) is 21.1 Å². The number of carbonyl (C=O) groups is 2. The quantitative estimate of drug-likeness (QED) is 0.799. The topological polar surface area (TPSA) is 64.6 Å². The van der Waals surface area contributed by atoms with Crippen LogP contribution in [0.4, 0.5) is 4.79 Å². The summed E-state index contributed by atoms with van der Waals surface area (Å²) in [5, 5.41) is 3.20. The van der Waals surface area contributed by atoms with Crippen molar-refractivity contribution >= 4 is 23.7 Å². The summed E-state index contributed by atoms with van der Waals surface area (Å²) in [5.41, 5.74) is 0.506. The van der Waals surface area contributed by atoms with Gasteiger partial charge in [0.25, 0.3) is 0 Å². The molecule has 0 saturated heterocycles. The Balaban J connectivity index is 1.92. The molecule has 6 heteroatoms. The lowest BCUT2D eigenvalue weighted by Crippen LogP contribution is -2.43. The van der Waals surface area contributed by atoms with E-state index in [9.17, 15) is 9.59 Å². The van der Waals surface area contributed by atoms with Gasteiger partial charge in [-0.3, -0.25) is 0 Å². The number of ether oxygens (including phenoxy) is 2. The molecule has 0 spiro atoms. The van der Waals surface area contributed by atoms with Gasteiger partial charge in [-0.05, 0) is 64.7 Å². The molecule has 138 valence electrons. The minimum Gasteiger partial charge on any atom is -0.460 e. The number of alkyl carbamates (subject to hydrolysis) is 1. The molecule has 1 aliphatic carbocycles. The Labute approximate surface area is 154 Å². The molecule has 1 aliphatic rings. The van der Waals surface area contributed by atoms with Gasteiger partial charge in [0.1, 0.15) is 17.7 Å². The molecule has 25 heavy (non-hydrogen) atoms. The van der Waals surface area contributed by atoms with Crippen molar-refractivity contribution in [3.63, 3.8) is 0 Å². The van der Waals surface area contributed by atoms with Crippen molar-refractivity contribution in [2.45, 2.75) is 70.6 Å². The van der Waals surface area contributed by atoms with Crippen LogP contribution in [0, 0.1) is 0 Å². The Morgan fingerprint density at radius 1 is 1.20 bits per heavy atom. The normalized spacial score (nSPS) is 21.5. The van der Waals surface area contributed by atoms with Crippen molar-refractivity contribution < 1.29 is 19.1 Å².